The summed E-state index contributed by atoms with van der Waals surface area (Å²) in [5.74, 6) is 0. The van der Waals surface area contributed by atoms with Crippen LogP contribution >= 0.6 is 0 Å². The Morgan fingerprint density at radius 1 is 1.30 bits per heavy atom. The van der Waals surface area contributed by atoms with Gasteiger partial charge in [-0.15, -0.1) is 0 Å². The van der Waals surface area contributed by atoms with Gasteiger partial charge in [0, 0.05) is 13.1 Å². The van der Waals surface area contributed by atoms with Crippen molar-refractivity contribution in [3.8, 4) is 0 Å². The molecule has 116 valence electrons. The van der Waals surface area contributed by atoms with Crippen LogP contribution in [0, 0.1) is 12.3 Å². The molecule has 1 heterocycles. The Hall–Kier alpha value is -0.920. The van der Waals surface area contributed by atoms with Gasteiger partial charge in [0.25, 0.3) is 0 Å². The van der Waals surface area contributed by atoms with Gasteiger partial charge in [-0.05, 0) is 25.3 Å². The fourth-order valence-electron chi connectivity index (χ4n) is 1.82. The van der Waals surface area contributed by atoms with Crippen molar-refractivity contribution >= 4 is 10.0 Å². The SMILES string of the molecule is CCNCc1n[nH]c(C)c1S(=O)(=O)NCCC(C)(C)C. The lowest BCUT2D eigenvalue weighted by Gasteiger charge is -2.18. The maximum absolute atomic E-state index is 12.4. The Kier molecular flexibility index (Phi) is 5.73. The minimum atomic E-state index is -3.51. The van der Waals surface area contributed by atoms with Gasteiger partial charge in [0.05, 0.1) is 11.4 Å². The molecule has 0 spiro atoms. The van der Waals surface area contributed by atoms with Crippen molar-refractivity contribution in [1.82, 2.24) is 20.2 Å². The summed E-state index contributed by atoms with van der Waals surface area (Å²) in [6.45, 7) is 11.6. The first kappa shape index (κ1) is 17.1. The molecule has 3 N–H and O–H groups in total. The highest BCUT2D eigenvalue weighted by atomic mass is 32.2. The van der Waals surface area contributed by atoms with Crippen molar-refractivity contribution < 1.29 is 8.42 Å². The molecule has 0 aromatic carbocycles. The van der Waals surface area contributed by atoms with E-state index >= 15 is 0 Å². The summed E-state index contributed by atoms with van der Waals surface area (Å²) in [5, 5.41) is 9.92. The number of hydrogen-bond acceptors (Lipinski definition) is 4. The van der Waals surface area contributed by atoms with E-state index in [1.165, 1.54) is 0 Å². The molecule has 20 heavy (non-hydrogen) atoms. The zero-order valence-electron chi connectivity index (χ0n) is 13.0. The number of H-pyrrole nitrogens is 1. The number of aromatic amines is 1. The number of aromatic nitrogens is 2. The summed E-state index contributed by atoms with van der Waals surface area (Å²) >= 11 is 0. The van der Waals surface area contributed by atoms with Gasteiger partial charge in [-0.2, -0.15) is 5.10 Å². The minimum Gasteiger partial charge on any atom is -0.311 e. The topological polar surface area (TPSA) is 86.9 Å². The van der Waals surface area contributed by atoms with Crippen LogP contribution in [0.2, 0.25) is 0 Å². The Morgan fingerprint density at radius 2 is 1.95 bits per heavy atom. The molecule has 0 aliphatic heterocycles. The van der Waals surface area contributed by atoms with E-state index in [2.05, 4.69) is 41.0 Å². The van der Waals surface area contributed by atoms with Crippen LogP contribution in [0.3, 0.4) is 0 Å². The molecule has 1 aromatic heterocycles. The summed E-state index contributed by atoms with van der Waals surface area (Å²) < 4.78 is 27.4. The standard InChI is InChI=1S/C13H26N4O2S/c1-6-14-9-11-12(10(2)16-17-11)20(18,19)15-8-7-13(3,4)5/h14-15H,6-9H2,1-5H3,(H,16,17). The Labute approximate surface area is 121 Å². The van der Waals surface area contributed by atoms with Crippen LogP contribution < -0.4 is 10.0 Å². The van der Waals surface area contributed by atoms with Crippen molar-refractivity contribution in [3.05, 3.63) is 11.4 Å². The molecule has 0 unspecified atom stereocenters. The van der Waals surface area contributed by atoms with Crippen LogP contribution in [0.1, 0.15) is 45.5 Å². The van der Waals surface area contributed by atoms with Crippen molar-refractivity contribution in [3.63, 3.8) is 0 Å². The number of rotatable bonds is 7. The highest BCUT2D eigenvalue weighted by Crippen LogP contribution is 2.20. The van der Waals surface area contributed by atoms with Crippen LogP contribution in [-0.2, 0) is 16.6 Å². The lowest BCUT2D eigenvalue weighted by atomic mass is 9.93. The van der Waals surface area contributed by atoms with Crippen molar-refractivity contribution in [2.45, 2.75) is 52.5 Å². The fourth-order valence-corrected chi connectivity index (χ4v) is 3.21. The third kappa shape index (κ3) is 4.88. The lowest BCUT2D eigenvalue weighted by molar-refractivity contribution is 0.378. The minimum absolute atomic E-state index is 0.0978. The van der Waals surface area contributed by atoms with Gasteiger partial charge in [0.15, 0.2) is 0 Å². The first-order valence-electron chi connectivity index (χ1n) is 6.91. The number of aryl methyl sites for hydroxylation is 1. The molecule has 0 bridgehead atoms. The summed E-state index contributed by atoms with van der Waals surface area (Å²) in [6.07, 6.45) is 0.783. The number of nitrogens with zero attached hydrogens (tertiary/aromatic N) is 1. The van der Waals surface area contributed by atoms with Crippen molar-refractivity contribution in [2.24, 2.45) is 5.41 Å². The molecule has 6 nitrogen and oxygen atoms in total. The molecular weight excluding hydrogens is 276 g/mol. The molecular formula is C13H26N4O2S. The zero-order valence-corrected chi connectivity index (χ0v) is 13.8. The molecule has 0 aliphatic rings. The molecule has 7 heteroatoms. The molecule has 0 fully saturated rings. The Balaban J connectivity index is 2.84. The first-order chi connectivity index (χ1) is 9.17. The highest BCUT2D eigenvalue weighted by Gasteiger charge is 2.24. The second-order valence-electron chi connectivity index (χ2n) is 6.11. The third-order valence-electron chi connectivity index (χ3n) is 2.94. The second kappa shape index (κ2) is 6.69. The van der Waals surface area contributed by atoms with Crippen molar-refractivity contribution in [1.29, 1.82) is 0 Å². The predicted molar refractivity (Wildman–Crippen MR) is 80.0 cm³/mol. The second-order valence-corrected chi connectivity index (χ2v) is 7.82. The Morgan fingerprint density at radius 3 is 2.50 bits per heavy atom. The maximum Gasteiger partial charge on any atom is 0.244 e. The normalized spacial score (nSPS) is 12.8. The van der Waals surface area contributed by atoms with Crippen LogP contribution in [-0.4, -0.2) is 31.7 Å². The average Bonchev–Trinajstić information content (AvgIpc) is 2.66. The smallest absolute Gasteiger partial charge is 0.244 e. The van der Waals surface area contributed by atoms with Crippen molar-refractivity contribution in [2.75, 3.05) is 13.1 Å². The predicted octanol–water partition coefficient (Wildman–Crippen LogP) is 1.54. The van der Waals surface area contributed by atoms with Gasteiger partial charge in [0.1, 0.15) is 4.90 Å². The summed E-state index contributed by atoms with van der Waals surface area (Å²) in [6, 6.07) is 0. The van der Waals surface area contributed by atoms with Crippen LogP contribution in [0.25, 0.3) is 0 Å². The maximum atomic E-state index is 12.4. The molecule has 0 amide bonds. The van der Waals surface area contributed by atoms with E-state index in [9.17, 15) is 8.42 Å². The summed E-state index contributed by atoms with van der Waals surface area (Å²) in [7, 11) is -3.51. The van der Waals surface area contributed by atoms with E-state index in [-0.39, 0.29) is 10.3 Å². The fraction of sp³-hybridized carbons (Fsp3) is 0.769. The van der Waals surface area contributed by atoms with E-state index in [1.807, 2.05) is 6.92 Å². The zero-order chi connectivity index (χ0) is 15.4. The van der Waals surface area contributed by atoms with E-state index < -0.39 is 10.0 Å². The molecule has 0 saturated carbocycles. The van der Waals surface area contributed by atoms with Gasteiger partial charge in [-0.25, -0.2) is 13.1 Å². The van der Waals surface area contributed by atoms with Gasteiger partial charge in [-0.3, -0.25) is 5.10 Å². The Bertz CT molecular complexity index is 529. The quantitative estimate of drug-likeness (QED) is 0.713. The van der Waals surface area contributed by atoms with Gasteiger partial charge >= 0.3 is 0 Å². The molecule has 0 aliphatic carbocycles. The number of nitrogens with one attached hydrogen (secondary N) is 3. The van der Waals surface area contributed by atoms with Gasteiger partial charge < -0.3 is 5.32 Å². The first-order valence-corrected chi connectivity index (χ1v) is 8.40. The molecule has 0 radical (unpaired) electrons. The van der Waals surface area contributed by atoms with Crippen LogP contribution in [0.4, 0.5) is 0 Å². The largest absolute Gasteiger partial charge is 0.311 e. The number of hydrogen-bond donors (Lipinski definition) is 3. The number of sulfonamides is 1. The molecule has 0 saturated heterocycles. The highest BCUT2D eigenvalue weighted by molar-refractivity contribution is 7.89. The lowest BCUT2D eigenvalue weighted by Crippen LogP contribution is -2.29. The van der Waals surface area contributed by atoms with Crippen LogP contribution in [0.5, 0.6) is 0 Å². The molecule has 1 rings (SSSR count). The van der Waals surface area contributed by atoms with E-state index in [0.29, 0.717) is 24.5 Å². The molecule has 0 atom stereocenters. The van der Waals surface area contributed by atoms with E-state index in [0.717, 1.165) is 13.0 Å². The van der Waals surface area contributed by atoms with Gasteiger partial charge in [0.2, 0.25) is 10.0 Å². The van der Waals surface area contributed by atoms with E-state index in [4.69, 9.17) is 0 Å². The average molecular weight is 302 g/mol. The van der Waals surface area contributed by atoms with Crippen LogP contribution in [0.15, 0.2) is 4.90 Å². The molecule has 1 aromatic rings. The van der Waals surface area contributed by atoms with E-state index in [1.54, 1.807) is 6.92 Å². The summed E-state index contributed by atoms with van der Waals surface area (Å²) in [4.78, 5) is 0.271. The third-order valence-corrected chi connectivity index (χ3v) is 4.60. The summed E-state index contributed by atoms with van der Waals surface area (Å²) in [5.41, 5.74) is 1.20. The monoisotopic (exact) mass is 302 g/mol. The van der Waals surface area contributed by atoms with Gasteiger partial charge in [-0.1, -0.05) is 27.7 Å².